The second kappa shape index (κ2) is 44.2. The lowest BCUT2D eigenvalue weighted by atomic mass is 10.1. The summed E-state index contributed by atoms with van der Waals surface area (Å²) in [4.78, 5) is 14.8. The fourth-order valence-corrected chi connectivity index (χ4v) is 6.66. The molecule has 0 radical (unpaired) electrons. The first-order chi connectivity index (χ1) is 25.7. The molecule has 0 heterocycles. The molecule has 0 N–H and O–H groups in total. The van der Waals surface area contributed by atoms with E-state index in [1.807, 2.05) is 0 Å². The summed E-state index contributed by atoms with van der Waals surface area (Å²) in [6, 6.07) is 0. The van der Waals surface area contributed by atoms with Crippen molar-refractivity contribution in [3.05, 3.63) is 24.3 Å². The molecule has 308 valence electrons. The number of rotatable bonds is 43. The molecule has 0 amide bonds. The molecule has 1 unspecified atom stereocenters. The van der Waals surface area contributed by atoms with E-state index in [1.165, 1.54) is 167 Å². The van der Waals surface area contributed by atoms with Gasteiger partial charge in [0.1, 0.15) is 12.7 Å². The highest BCUT2D eigenvalue weighted by molar-refractivity contribution is 5.69. The number of allylic oxidation sites excluding steroid dienone is 4. The predicted molar refractivity (Wildman–Crippen MR) is 227 cm³/mol. The first-order valence-electron chi connectivity index (χ1n) is 23.0. The van der Waals surface area contributed by atoms with Crippen molar-refractivity contribution in [2.45, 2.75) is 226 Å². The summed E-state index contributed by atoms with van der Waals surface area (Å²) < 4.78 is 17.9. The second-order valence-electron chi connectivity index (χ2n) is 15.3. The van der Waals surface area contributed by atoms with Crippen molar-refractivity contribution in [3.63, 3.8) is 0 Å². The average molecular weight is 734 g/mol. The molecule has 0 aromatic heterocycles. The van der Waals surface area contributed by atoms with Crippen molar-refractivity contribution in [3.8, 4) is 0 Å². The quantitative estimate of drug-likeness (QED) is 0.0355. The Kier molecular flexibility index (Phi) is 43.2. The molecular weight excluding hydrogens is 643 g/mol. The number of esters is 1. The molecule has 0 rings (SSSR count). The molecular formula is C47H91NO4. The summed E-state index contributed by atoms with van der Waals surface area (Å²) in [5.74, 6) is -0.119. The van der Waals surface area contributed by atoms with Gasteiger partial charge < -0.3 is 19.1 Å². The van der Waals surface area contributed by atoms with Gasteiger partial charge in [-0.3, -0.25) is 4.79 Å². The molecule has 0 aliphatic heterocycles. The van der Waals surface area contributed by atoms with Crippen molar-refractivity contribution in [2.75, 3.05) is 46.1 Å². The second-order valence-corrected chi connectivity index (χ2v) is 15.3. The van der Waals surface area contributed by atoms with E-state index < -0.39 is 0 Å². The summed E-state index contributed by atoms with van der Waals surface area (Å²) in [5.41, 5.74) is 0. The standard InChI is InChI=1S/C47H91NO4/c1-5-9-11-13-15-17-19-21-23-25-27-29-31-33-35-37-42-50-44-46(45-52-47(49)40-39-41-48(7-3)8-4)51-43-38-36-34-32-30-28-26-24-22-20-18-16-14-12-10-6-2/h21-24,46H,5-20,25-45H2,1-4H3/b23-21-,24-22-. The molecule has 0 aromatic rings. The van der Waals surface area contributed by atoms with E-state index in [1.54, 1.807) is 0 Å². The van der Waals surface area contributed by atoms with Crippen LogP contribution in [0.25, 0.3) is 0 Å². The minimum atomic E-state index is -0.177. The molecule has 5 heteroatoms. The first-order valence-corrected chi connectivity index (χ1v) is 23.0. The van der Waals surface area contributed by atoms with Crippen LogP contribution in [-0.4, -0.2) is 63.0 Å². The molecule has 0 aromatic carbocycles. The van der Waals surface area contributed by atoms with E-state index in [4.69, 9.17) is 14.2 Å². The number of hydrogen-bond donors (Lipinski definition) is 0. The third kappa shape index (κ3) is 40.0. The molecule has 0 bridgehead atoms. The fourth-order valence-electron chi connectivity index (χ4n) is 6.66. The van der Waals surface area contributed by atoms with Gasteiger partial charge in [-0.1, -0.05) is 168 Å². The highest BCUT2D eigenvalue weighted by atomic mass is 16.6. The summed E-state index contributed by atoms with van der Waals surface area (Å²) in [5, 5.41) is 0. The Balaban J connectivity index is 4.05. The predicted octanol–water partition coefficient (Wildman–Crippen LogP) is 14.1. The maximum Gasteiger partial charge on any atom is 0.305 e. The van der Waals surface area contributed by atoms with E-state index in [-0.39, 0.29) is 12.1 Å². The van der Waals surface area contributed by atoms with Crippen LogP contribution in [0.2, 0.25) is 0 Å². The first kappa shape index (κ1) is 50.8. The van der Waals surface area contributed by atoms with Crippen LogP contribution in [0.1, 0.15) is 220 Å². The highest BCUT2D eigenvalue weighted by Gasteiger charge is 2.14. The van der Waals surface area contributed by atoms with Crippen molar-refractivity contribution >= 4 is 5.97 Å². The van der Waals surface area contributed by atoms with Crippen molar-refractivity contribution < 1.29 is 19.0 Å². The fraction of sp³-hybridized carbons (Fsp3) is 0.894. The van der Waals surface area contributed by atoms with Crippen LogP contribution in [0.3, 0.4) is 0 Å². The largest absolute Gasteiger partial charge is 0.463 e. The Morgan fingerprint density at radius 1 is 0.481 bits per heavy atom. The van der Waals surface area contributed by atoms with Gasteiger partial charge in [0.05, 0.1) is 6.61 Å². The SMILES string of the molecule is CCCCCCCC/C=C\CCCCCCCCOCC(COC(=O)CCCN(CC)CC)OCCCCCCCC/C=C\CCCCCCCC. The lowest BCUT2D eigenvalue weighted by Crippen LogP contribution is -2.28. The van der Waals surface area contributed by atoms with Gasteiger partial charge in [0.15, 0.2) is 0 Å². The number of carbonyl (C=O) groups is 1. The van der Waals surface area contributed by atoms with Crippen LogP contribution in [0, 0.1) is 0 Å². The van der Waals surface area contributed by atoms with Crippen LogP contribution >= 0.6 is 0 Å². The van der Waals surface area contributed by atoms with Crippen molar-refractivity contribution in [1.29, 1.82) is 0 Å². The molecule has 0 saturated carbocycles. The average Bonchev–Trinajstić information content (AvgIpc) is 3.15. The maximum absolute atomic E-state index is 12.4. The van der Waals surface area contributed by atoms with Crippen LogP contribution in [0.5, 0.6) is 0 Å². The minimum absolute atomic E-state index is 0.119. The third-order valence-corrected chi connectivity index (χ3v) is 10.3. The summed E-state index contributed by atoms with van der Waals surface area (Å²) in [6.45, 7) is 14.1. The molecule has 5 nitrogen and oxygen atoms in total. The van der Waals surface area contributed by atoms with E-state index in [0.29, 0.717) is 26.2 Å². The summed E-state index contributed by atoms with van der Waals surface area (Å²) in [7, 11) is 0. The van der Waals surface area contributed by atoms with Gasteiger partial charge in [-0.25, -0.2) is 0 Å². The third-order valence-electron chi connectivity index (χ3n) is 10.3. The van der Waals surface area contributed by atoms with Gasteiger partial charge in [0.25, 0.3) is 0 Å². The molecule has 52 heavy (non-hydrogen) atoms. The molecule has 0 aliphatic rings. The van der Waals surface area contributed by atoms with Crippen molar-refractivity contribution in [2.24, 2.45) is 0 Å². The molecule has 0 aliphatic carbocycles. The molecule has 0 saturated heterocycles. The van der Waals surface area contributed by atoms with Crippen LogP contribution in [0.15, 0.2) is 24.3 Å². The topological polar surface area (TPSA) is 48.0 Å². The molecule has 0 fully saturated rings. The van der Waals surface area contributed by atoms with Gasteiger partial charge in [0, 0.05) is 19.6 Å². The maximum atomic E-state index is 12.4. The van der Waals surface area contributed by atoms with Crippen LogP contribution < -0.4 is 0 Å². The van der Waals surface area contributed by atoms with Gasteiger partial charge in [0.2, 0.25) is 0 Å². The normalized spacial score (nSPS) is 12.6. The molecule has 1 atom stereocenters. The Bertz CT molecular complexity index is 750. The van der Waals surface area contributed by atoms with Gasteiger partial charge in [-0.2, -0.15) is 0 Å². The Hall–Kier alpha value is -1.17. The number of unbranched alkanes of at least 4 members (excludes halogenated alkanes) is 24. The smallest absolute Gasteiger partial charge is 0.305 e. The van der Waals surface area contributed by atoms with Gasteiger partial charge >= 0.3 is 5.97 Å². The zero-order valence-corrected chi connectivity index (χ0v) is 35.6. The lowest BCUT2D eigenvalue weighted by Gasteiger charge is -2.19. The number of nitrogens with zero attached hydrogens (tertiary/aromatic N) is 1. The van der Waals surface area contributed by atoms with Crippen molar-refractivity contribution in [1.82, 2.24) is 4.90 Å². The Morgan fingerprint density at radius 2 is 0.885 bits per heavy atom. The van der Waals surface area contributed by atoms with E-state index in [9.17, 15) is 4.79 Å². The van der Waals surface area contributed by atoms with E-state index in [2.05, 4.69) is 56.9 Å². The Labute approximate surface area is 325 Å². The minimum Gasteiger partial charge on any atom is -0.463 e. The monoisotopic (exact) mass is 734 g/mol. The number of ether oxygens (including phenoxy) is 3. The lowest BCUT2D eigenvalue weighted by molar-refractivity contribution is -0.150. The van der Waals surface area contributed by atoms with Gasteiger partial charge in [-0.05, 0) is 90.3 Å². The van der Waals surface area contributed by atoms with E-state index in [0.717, 1.165) is 45.5 Å². The number of hydrogen-bond acceptors (Lipinski definition) is 5. The van der Waals surface area contributed by atoms with Crippen LogP contribution in [0.4, 0.5) is 0 Å². The van der Waals surface area contributed by atoms with Crippen LogP contribution in [-0.2, 0) is 19.0 Å². The van der Waals surface area contributed by atoms with Gasteiger partial charge in [-0.15, -0.1) is 0 Å². The summed E-state index contributed by atoms with van der Waals surface area (Å²) >= 11 is 0. The zero-order valence-electron chi connectivity index (χ0n) is 35.6. The highest BCUT2D eigenvalue weighted by Crippen LogP contribution is 2.12. The Morgan fingerprint density at radius 3 is 1.33 bits per heavy atom. The molecule has 0 spiro atoms. The summed E-state index contributed by atoms with van der Waals surface area (Å²) in [6.07, 6.45) is 47.3. The van der Waals surface area contributed by atoms with E-state index >= 15 is 0 Å². The number of carbonyl (C=O) groups excluding carboxylic acids is 1. The zero-order chi connectivity index (χ0) is 37.8.